The summed E-state index contributed by atoms with van der Waals surface area (Å²) in [5.41, 5.74) is 3.78. The molecule has 10 heteroatoms. The summed E-state index contributed by atoms with van der Waals surface area (Å²) >= 11 is 6.04. The molecule has 3 heterocycles. The Labute approximate surface area is 241 Å². The minimum Gasteiger partial charge on any atom is -0.336 e. The number of amides is 4. The van der Waals surface area contributed by atoms with Gasteiger partial charge in [0.2, 0.25) is 11.8 Å². The lowest BCUT2D eigenvalue weighted by atomic mass is 9.98. The van der Waals surface area contributed by atoms with E-state index >= 15 is 4.39 Å². The van der Waals surface area contributed by atoms with E-state index in [0.29, 0.717) is 54.4 Å². The van der Waals surface area contributed by atoms with Crippen LogP contribution in [-0.4, -0.2) is 70.5 Å². The van der Waals surface area contributed by atoms with E-state index in [1.54, 1.807) is 18.2 Å². The second-order valence-electron chi connectivity index (χ2n) is 10.6. The van der Waals surface area contributed by atoms with Crippen LogP contribution in [0.4, 0.5) is 4.39 Å². The van der Waals surface area contributed by atoms with Crippen LogP contribution < -0.4 is 5.32 Å². The van der Waals surface area contributed by atoms with E-state index in [0.717, 1.165) is 11.1 Å². The highest BCUT2D eigenvalue weighted by Gasteiger charge is 2.39. The van der Waals surface area contributed by atoms with Crippen molar-refractivity contribution in [1.29, 1.82) is 0 Å². The minimum absolute atomic E-state index is 0.0500. The maximum absolute atomic E-state index is 15.1. The molecule has 2 saturated heterocycles. The van der Waals surface area contributed by atoms with Gasteiger partial charge in [-0.2, -0.15) is 0 Å². The number of nitrogens with one attached hydrogen (secondary N) is 1. The summed E-state index contributed by atoms with van der Waals surface area (Å²) < 4.78 is 15.1. The summed E-state index contributed by atoms with van der Waals surface area (Å²) in [6.07, 6.45) is 0.421. The van der Waals surface area contributed by atoms with Crippen LogP contribution in [0.1, 0.15) is 44.7 Å². The van der Waals surface area contributed by atoms with E-state index in [2.05, 4.69) is 10.2 Å². The van der Waals surface area contributed by atoms with Crippen molar-refractivity contribution in [2.75, 3.05) is 26.2 Å². The Bertz CT molecular complexity index is 1550. The Morgan fingerprint density at radius 1 is 0.951 bits per heavy atom. The van der Waals surface area contributed by atoms with Crippen molar-refractivity contribution < 1.29 is 23.6 Å². The van der Waals surface area contributed by atoms with Crippen LogP contribution in [0.25, 0.3) is 11.1 Å². The van der Waals surface area contributed by atoms with Crippen LogP contribution in [0, 0.1) is 5.82 Å². The molecule has 1 atom stereocenters. The predicted octanol–water partition coefficient (Wildman–Crippen LogP) is 3.87. The summed E-state index contributed by atoms with van der Waals surface area (Å²) in [5, 5.41) is 2.91. The number of piperidine rings is 1. The first-order valence-corrected chi connectivity index (χ1v) is 14.0. The van der Waals surface area contributed by atoms with E-state index in [1.807, 2.05) is 41.3 Å². The molecule has 1 N–H and O–H groups in total. The number of piperazine rings is 1. The van der Waals surface area contributed by atoms with Gasteiger partial charge in [0.05, 0.1) is 0 Å². The van der Waals surface area contributed by atoms with Gasteiger partial charge in [0.15, 0.2) is 0 Å². The fraction of sp³-hybridized carbons (Fsp3) is 0.290. The number of fused-ring (bicyclic) bond motifs is 1. The number of carbonyl (C=O) groups is 4. The normalized spacial score (nSPS) is 19.4. The molecular weight excluding hydrogens is 547 g/mol. The first-order chi connectivity index (χ1) is 19.8. The molecule has 0 bridgehead atoms. The maximum atomic E-state index is 15.1. The first kappa shape index (κ1) is 27.1. The molecular formula is C31H28ClFN4O4. The monoisotopic (exact) mass is 574 g/mol. The molecule has 1 unspecified atom stereocenters. The smallest absolute Gasteiger partial charge is 0.255 e. The zero-order valence-corrected chi connectivity index (χ0v) is 23.0. The Hall–Kier alpha value is -4.08. The van der Waals surface area contributed by atoms with E-state index in [9.17, 15) is 19.2 Å². The molecule has 210 valence electrons. The van der Waals surface area contributed by atoms with Gasteiger partial charge in [0.25, 0.3) is 11.8 Å². The van der Waals surface area contributed by atoms with Crippen molar-refractivity contribution in [2.24, 2.45) is 0 Å². The van der Waals surface area contributed by atoms with Crippen molar-refractivity contribution in [3.8, 4) is 11.1 Å². The third-order valence-corrected chi connectivity index (χ3v) is 8.31. The van der Waals surface area contributed by atoms with Gasteiger partial charge < -0.3 is 9.80 Å². The summed E-state index contributed by atoms with van der Waals surface area (Å²) in [7, 11) is 0. The number of halogens is 2. The molecule has 6 rings (SSSR count). The molecule has 2 fully saturated rings. The number of hydrogen-bond donors (Lipinski definition) is 1. The molecule has 41 heavy (non-hydrogen) atoms. The van der Waals surface area contributed by atoms with E-state index in [4.69, 9.17) is 11.6 Å². The van der Waals surface area contributed by atoms with Crippen LogP contribution in [0.15, 0.2) is 60.7 Å². The Morgan fingerprint density at radius 2 is 1.68 bits per heavy atom. The Kier molecular flexibility index (Phi) is 7.32. The zero-order valence-electron chi connectivity index (χ0n) is 22.2. The lowest BCUT2D eigenvalue weighted by molar-refractivity contribution is -0.136. The summed E-state index contributed by atoms with van der Waals surface area (Å²) in [6.45, 7) is 2.70. The van der Waals surface area contributed by atoms with Gasteiger partial charge in [-0.05, 0) is 53.4 Å². The standard InChI is InChI=1S/C31H28ClFN4O4/c32-22-7-5-19(6-8-22)23-3-1-2-4-24(23)30(40)36-13-11-35(12-14-36)17-21-15-20-18-37(31(41)25(20)16-26(21)33)27-9-10-28(38)34-29(27)39/h1-8,15-16,27H,9-14,17-18H2,(H,34,38,39). The third kappa shape index (κ3) is 5.35. The summed E-state index contributed by atoms with van der Waals surface area (Å²) in [6, 6.07) is 17.1. The maximum Gasteiger partial charge on any atom is 0.255 e. The quantitative estimate of drug-likeness (QED) is 0.467. The van der Waals surface area contributed by atoms with Gasteiger partial charge in [0, 0.05) is 67.4 Å². The highest BCUT2D eigenvalue weighted by atomic mass is 35.5. The number of benzene rings is 3. The van der Waals surface area contributed by atoms with E-state index in [1.165, 1.54) is 11.0 Å². The number of imide groups is 1. The van der Waals surface area contributed by atoms with E-state index < -0.39 is 23.7 Å². The van der Waals surface area contributed by atoms with Crippen molar-refractivity contribution in [3.05, 3.63) is 93.8 Å². The lowest BCUT2D eigenvalue weighted by Crippen LogP contribution is -2.52. The highest BCUT2D eigenvalue weighted by molar-refractivity contribution is 6.30. The molecule has 0 saturated carbocycles. The summed E-state index contributed by atoms with van der Waals surface area (Å²) in [4.78, 5) is 55.6. The van der Waals surface area contributed by atoms with Crippen LogP contribution in [0.3, 0.4) is 0 Å². The number of hydrogen-bond acceptors (Lipinski definition) is 5. The highest BCUT2D eigenvalue weighted by Crippen LogP contribution is 2.31. The number of rotatable bonds is 5. The number of carbonyl (C=O) groups excluding carboxylic acids is 4. The van der Waals surface area contributed by atoms with Crippen molar-refractivity contribution in [1.82, 2.24) is 20.0 Å². The molecule has 0 aromatic heterocycles. The first-order valence-electron chi connectivity index (χ1n) is 13.6. The van der Waals surface area contributed by atoms with Gasteiger partial charge in [-0.25, -0.2) is 4.39 Å². The largest absolute Gasteiger partial charge is 0.336 e. The molecule has 3 aliphatic heterocycles. The third-order valence-electron chi connectivity index (χ3n) is 8.06. The molecule has 3 aliphatic rings. The molecule has 8 nitrogen and oxygen atoms in total. The van der Waals surface area contributed by atoms with Gasteiger partial charge in [-0.1, -0.05) is 41.9 Å². The van der Waals surface area contributed by atoms with Crippen LogP contribution in [0.5, 0.6) is 0 Å². The van der Waals surface area contributed by atoms with Gasteiger partial charge in [-0.3, -0.25) is 29.4 Å². The van der Waals surface area contributed by atoms with Gasteiger partial charge in [0.1, 0.15) is 11.9 Å². The van der Waals surface area contributed by atoms with E-state index in [-0.39, 0.29) is 36.8 Å². The molecule has 3 aromatic carbocycles. The topological polar surface area (TPSA) is 90.0 Å². The molecule has 3 aromatic rings. The average Bonchev–Trinajstić information content (AvgIpc) is 3.28. The summed E-state index contributed by atoms with van der Waals surface area (Å²) in [5.74, 6) is -1.77. The van der Waals surface area contributed by atoms with Crippen LogP contribution >= 0.6 is 11.6 Å². The van der Waals surface area contributed by atoms with Crippen molar-refractivity contribution in [3.63, 3.8) is 0 Å². The van der Waals surface area contributed by atoms with Crippen LogP contribution in [-0.2, 0) is 22.7 Å². The minimum atomic E-state index is -0.741. The number of nitrogens with zero attached hydrogens (tertiary/aromatic N) is 3. The second-order valence-corrected chi connectivity index (χ2v) is 11.1. The van der Waals surface area contributed by atoms with Crippen molar-refractivity contribution >= 4 is 35.2 Å². The van der Waals surface area contributed by atoms with Gasteiger partial charge >= 0.3 is 0 Å². The molecule has 0 spiro atoms. The van der Waals surface area contributed by atoms with Gasteiger partial charge in [-0.15, -0.1) is 0 Å². The zero-order chi connectivity index (χ0) is 28.7. The fourth-order valence-corrected chi connectivity index (χ4v) is 5.96. The lowest BCUT2D eigenvalue weighted by Gasteiger charge is -2.35. The Morgan fingerprint density at radius 3 is 2.41 bits per heavy atom. The van der Waals surface area contributed by atoms with Crippen molar-refractivity contribution in [2.45, 2.75) is 32.0 Å². The molecule has 0 aliphatic carbocycles. The SMILES string of the molecule is O=C1CCC(N2Cc3cc(CN4CCN(C(=O)c5ccccc5-c5ccc(Cl)cc5)CC4)c(F)cc3C2=O)C(=O)N1. The second kappa shape index (κ2) is 11.1. The molecule has 0 radical (unpaired) electrons. The molecule has 4 amide bonds. The Balaban J connectivity index is 1.11. The predicted molar refractivity (Wildman–Crippen MR) is 151 cm³/mol. The fourth-order valence-electron chi connectivity index (χ4n) is 5.83. The average molecular weight is 575 g/mol. The van der Waals surface area contributed by atoms with Crippen LogP contribution in [0.2, 0.25) is 5.02 Å².